The highest BCUT2D eigenvalue weighted by atomic mass is 16.3. The van der Waals surface area contributed by atoms with Crippen LogP contribution in [0.2, 0.25) is 0 Å². The molecule has 5 saturated carbocycles. The summed E-state index contributed by atoms with van der Waals surface area (Å²) in [5.74, 6) is 4.22. The molecule has 2 nitrogen and oxygen atoms in total. The second kappa shape index (κ2) is 7.34. The van der Waals surface area contributed by atoms with Crippen LogP contribution in [0.3, 0.4) is 0 Å². The largest absolute Gasteiger partial charge is 0.393 e. The quantitative estimate of drug-likeness (QED) is 0.442. The van der Waals surface area contributed by atoms with Crippen LogP contribution in [0.1, 0.15) is 118 Å². The van der Waals surface area contributed by atoms with Crippen LogP contribution in [0.15, 0.2) is 11.1 Å². The smallest absolute Gasteiger partial charge is 0.0568 e. The Morgan fingerprint density at radius 2 is 1.67 bits per heavy atom. The van der Waals surface area contributed by atoms with Gasteiger partial charge in [-0.3, -0.25) is 0 Å². The van der Waals surface area contributed by atoms with Gasteiger partial charge in [0.15, 0.2) is 0 Å². The van der Waals surface area contributed by atoms with Crippen LogP contribution in [-0.2, 0) is 0 Å². The molecule has 3 N–H and O–H groups in total. The molecule has 5 fully saturated rings. The Hall–Kier alpha value is -0.340. The van der Waals surface area contributed by atoms with Crippen LogP contribution in [-0.4, -0.2) is 16.7 Å². The van der Waals surface area contributed by atoms with Crippen LogP contribution in [0.5, 0.6) is 0 Å². The molecule has 0 saturated heterocycles. The van der Waals surface area contributed by atoms with Crippen molar-refractivity contribution in [3.63, 3.8) is 0 Å². The van der Waals surface area contributed by atoms with E-state index >= 15 is 0 Å². The van der Waals surface area contributed by atoms with Crippen molar-refractivity contribution in [1.82, 2.24) is 0 Å². The highest BCUT2D eigenvalue weighted by Gasteiger charge is 2.69. The van der Waals surface area contributed by atoms with Crippen molar-refractivity contribution in [2.24, 2.45) is 57.5 Å². The van der Waals surface area contributed by atoms with E-state index in [0.29, 0.717) is 39.9 Å². The van der Waals surface area contributed by atoms with Crippen LogP contribution < -0.4 is 5.73 Å². The molecular weight excluding hydrogens is 402 g/mol. The number of rotatable bonds is 3. The Labute approximate surface area is 203 Å². The van der Waals surface area contributed by atoms with Gasteiger partial charge < -0.3 is 10.8 Å². The fourth-order valence-electron chi connectivity index (χ4n) is 11.8. The maximum Gasteiger partial charge on any atom is 0.0568 e. The molecule has 6 aliphatic rings. The third kappa shape index (κ3) is 2.80. The lowest BCUT2D eigenvalue weighted by Crippen LogP contribution is -2.69. The number of allylic oxidation sites excluding steroid dienone is 1. The van der Waals surface area contributed by atoms with E-state index in [1.165, 1.54) is 77.0 Å². The highest BCUT2D eigenvalue weighted by Crippen LogP contribution is 2.75. The summed E-state index contributed by atoms with van der Waals surface area (Å²) in [7, 11) is 0. The minimum absolute atomic E-state index is 0.0492. The monoisotopic (exact) mass is 453 g/mol. The molecule has 0 spiro atoms. The molecule has 0 aliphatic heterocycles. The fraction of sp³-hybridized carbons (Fsp3) is 0.935. The summed E-state index contributed by atoms with van der Waals surface area (Å²) in [6.07, 6.45) is 17.1. The van der Waals surface area contributed by atoms with Crippen LogP contribution in [0.4, 0.5) is 0 Å². The first-order chi connectivity index (χ1) is 15.6. The molecule has 9 unspecified atom stereocenters. The van der Waals surface area contributed by atoms with E-state index in [2.05, 4.69) is 34.6 Å². The predicted molar refractivity (Wildman–Crippen MR) is 137 cm³/mol. The zero-order valence-corrected chi connectivity index (χ0v) is 22.3. The highest BCUT2D eigenvalue weighted by molar-refractivity contribution is 5.44. The van der Waals surface area contributed by atoms with Gasteiger partial charge in [0.2, 0.25) is 0 Å². The number of nitrogens with two attached hydrogens (primary N) is 1. The predicted octanol–water partition coefficient (Wildman–Crippen LogP) is 7.25. The van der Waals surface area contributed by atoms with Gasteiger partial charge in [-0.2, -0.15) is 0 Å². The minimum atomic E-state index is -0.0829. The maximum absolute atomic E-state index is 10.7. The van der Waals surface area contributed by atoms with Crippen LogP contribution in [0.25, 0.3) is 0 Å². The van der Waals surface area contributed by atoms with Gasteiger partial charge in [-0.05, 0) is 141 Å². The molecule has 0 aromatic rings. The molecule has 0 radical (unpaired) electrons. The van der Waals surface area contributed by atoms with Crippen molar-refractivity contribution >= 4 is 0 Å². The number of hydrogen-bond acceptors (Lipinski definition) is 2. The molecule has 0 bridgehead atoms. The standard InChI is InChI=1S/C31H51NO/c1-6-29-16-10-23-20(4)24(33)11-14-28(23,5)25(29)13-18-31(32)26(29)12-17-30(21-7-8-21)15-9-22(19(2)3)27(30)31/h19-21,23-26,33H,6-18,32H2,1-5H3. The van der Waals surface area contributed by atoms with E-state index in [0.717, 1.165) is 18.3 Å². The minimum Gasteiger partial charge on any atom is -0.393 e. The summed E-state index contributed by atoms with van der Waals surface area (Å²) in [6.45, 7) is 12.4. The molecule has 6 rings (SSSR count). The lowest BCUT2D eigenvalue weighted by molar-refractivity contribution is -0.191. The summed E-state index contributed by atoms with van der Waals surface area (Å²) in [5.41, 5.74) is 12.7. The first kappa shape index (κ1) is 23.1. The molecule has 0 aromatic carbocycles. The molecular formula is C31H51NO. The van der Waals surface area contributed by atoms with Gasteiger partial charge in [-0.1, -0.05) is 40.2 Å². The Bertz CT molecular complexity index is 842. The Kier molecular flexibility index (Phi) is 5.14. The van der Waals surface area contributed by atoms with Crippen molar-refractivity contribution < 1.29 is 5.11 Å². The van der Waals surface area contributed by atoms with Crippen molar-refractivity contribution in [3.8, 4) is 0 Å². The van der Waals surface area contributed by atoms with E-state index in [-0.39, 0.29) is 11.6 Å². The third-order valence-corrected chi connectivity index (χ3v) is 13.4. The normalized spacial score (nSPS) is 54.0. The van der Waals surface area contributed by atoms with Crippen LogP contribution >= 0.6 is 0 Å². The Morgan fingerprint density at radius 3 is 2.33 bits per heavy atom. The van der Waals surface area contributed by atoms with Gasteiger partial charge in [-0.15, -0.1) is 0 Å². The number of hydrogen-bond donors (Lipinski definition) is 2. The van der Waals surface area contributed by atoms with E-state index in [9.17, 15) is 5.11 Å². The zero-order chi connectivity index (χ0) is 23.4. The lowest BCUT2D eigenvalue weighted by atomic mass is 9.35. The second-order valence-corrected chi connectivity index (χ2v) is 14.4. The van der Waals surface area contributed by atoms with Crippen molar-refractivity contribution in [1.29, 1.82) is 0 Å². The first-order valence-corrected chi connectivity index (χ1v) is 14.8. The molecule has 9 atom stereocenters. The lowest BCUT2D eigenvalue weighted by Gasteiger charge is -2.70. The maximum atomic E-state index is 10.7. The molecule has 0 heterocycles. The average Bonchev–Trinajstić information content (AvgIpc) is 3.56. The van der Waals surface area contributed by atoms with Gasteiger partial charge in [0, 0.05) is 5.54 Å². The summed E-state index contributed by atoms with van der Waals surface area (Å²) in [5, 5.41) is 10.7. The third-order valence-electron chi connectivity index (χ3n) is 13.4. The van der Waals surface area contributed by atoms with E-state index < -0.39 is 0 Å². The van der Waals surface area contributed by atoms with E-state index in [4.69, 9.17) is 5.73 Å². The fourth-order valence-corrected chi connectivity index (χ4v) is 11.8. The summed E-state index contributed by atoms with van der Waals surface area (Å²) < 4.78 is 0. The van der Waals surface area contributed by atoms with Gasteiger partial charge in [-0.25, -0.2) is 0 Å². The average molecular weight is 454 g/mol. The molecule has 33 heavy (non-hydrogen) atoms. The van der Waals surface area contributed by atoms with Gasteiger partial charge in [0.1, 0.15) is 0 Å². The molecule has 2 heteroatoms. The summed E-state index contributed by atoms with van der Waals surface area (Å²) >= 11 is 0. The van der Waals surface area contributed by atoms with Crippen molar-refractivity contribution in [2.75, 3.05) is 0 Å². The van der Waals surface area contributed by atoms with Crippen LogP contribution in [0, 0.1) is 51.8 Å². The van der Waals surface area contributed by atoms with Gasteiger partial charge in [0.05, 0.1) is 6.10 Å². The van der Waals surface area contributed by atoms with Gasteiger partial charge in [0.25, 0.3) is 0 Å². The Balaban J connectivity index is 1.44. The first-order valence-electron chi connectivity index (χ1n) is 14.8. The summed E-state index contributed by atoms with van der Waals surface area (Å²) in [6, 6.07) is 0. The molecule has 0 amide bonds. The SMILES string of the molecule is CCC12CCC3C(C)C(O)CCC3(C)C1CCC1(N)C3=C(C(C)C)CCC3(C3CC3)CCC12. The molecule has 6 aliphatic carbocycles. The topological polar surface area (TPSA) is 46.2 Å². The van der Waals surface area contributed by atoms with E-state index in [1.54, 1.807) is 5.57 Å². The molecule has 186 valence electrons. The number of aliphatic hydroxyl groups excluding tert-OH is 1. The van der Waals surface area contributed by atoms with E-state index in [1.807, 2.05) is 5.57 Å². The van der Waals surface area contributed by atoms with Gasteiger partial charge >= 0.3 is 0 Å². The number of fused-ring (bicyclic) bond motifs is 7. The van der Waals surface area contributed by atoms with Crippen molar-refractivity contribution in [2.45, 2.75) is 130 Å². The Morgan fingerprint density at radius 1 is 0.939 bits per heavy atom. The summed E-state index contributed by atoms with van der Waals surface area (Å²) in [4.78, 5) is 0. The zero-order valence-electron chi connectivity index (χ0n) is 22.3. The van der Waals surface area contributed by atoms with Crippen molar-refractivity contribution in [3.05, 3.63) is 11.1 Å². The number of aliphatic hydroxyl groups is 1. The molecule has 0 aromatic heterocycles. The second-order valence-electron chi connectivity index (χ2n) is 14.4.